The summed E-state index contributed by atoms with van der Waals surface area (Å²) in [6, 6.07) is 7.99. The lowest BCUT2D eigenvalue weighted by Crippen LogP contribution is -2.04. The van der Waals surface area contributed by atoms with Crippen LogP contribution in [0.4, 0.5) is 0 Å². The van der Waals surface area contributed by atoms with Crippen molar-refractivity contribution in [2.24, 2.45) is 0 Å². The van der Waals surface area contributed by atoms with Crippen LogP contribution in [0.5, 0.6) is 5.75 Å². The Labute approximate surface area is 85.8 Å². The van der Waals surface area contributed by atoms with Gasteiger partial charge in [-0.2, -0.15) is 0 Å². The van der Waals surface area contributed by atoms with E-state index in [9.17, 15) is 0 Å². The fourth-order valence-electron chi connectivity index (χ4n) is 1.18. The molecule has 2 nitrogen and oxygen atoms in total. The Morgan fingerprint density at radius 2 is 1.93 bits per heavy atom. The zero-order valence-corrected chi connectivity index (χ0v) is 9.12. The van der Waals surface area contributed by atoms with Crippen LogP contribution in [0.25, 0.3) is 0 Å². The zero-order chi connectivity index (χ0) is 10.4. The predicted octanol–water partition coefficient (Wildman–Crippen LogP) is 3.01. The molecule has 0 heterocycles. The van der Waals surface area contributed by atoms with Gasteiger partial charge in [0.1, 0.15) is 5.75 Å². The molecular formula is C12H18O2. The van der Waals surface area contributed by atoms with Crippen LogP contribution >= 0.6 is 0 Å². The molecule has 0 aliphatic rings. The van der Waals surface area contributed by atoms with Crippen molar-refractivity contribution >= 4 is 0 Å². The van der Waals surface area contributed by atoms with E-state index in [-0.39, 0.29) is 6.10 Å². The maximum atomic E-state index is 5.53. The molecule has 1 aromatic carbocycles. The second-order valence-corrected chi connectivity index (χ2v) is 3.40. The quantitative estimate of drug-likeness (QED) is 0.717. The van der Waals surface area contributed by atoms with E-state index in [0.29, 0.717) is 13.2 Å². The van der Waals surface area contributed by atoms with Gasteiger partial charge in [0.05, 0.1) is 19.3 Å². The highest BCUT2D eigenvalue weighted by Crippen LogP contribution is 2.19. The van der Waals surface area contributed by atoms with Gasteiger partial charge in [0.25, 0.3) is 0 Å². The SMILES string of the molecule is CCOc1ccccc1COC(C)C. The first kappa shape index (κ1) is 11.1. The van der Waals surface area contributed by atoms with Crippen LogP contribution in [0.2, 0.25) is 0 Å². The Morgan fingerprint density at radius 1 is 1.21 bits per heavy atom. The average Bonchev–Trinajstić information content (AvgIpc) is 2.17. The molecule has 0 aromatic heterocycles. The second kappa shape index (κ2) is 5.66. The molecule has 14 heavy (non-hydrogen) atoms. The summed E-state index contributed by atoms with van der Waals surface area (Å²) in [5.41, 5.74) is 1.11. The summed E-state index contributed by atoms with van der Waals surface area (Å²) in [7, 11) is 0. The van der Waals surface area contributed by atoms with E-state index in [1.54, 1.807) is 0 Å². The standard InChI is InChI=1S/C12H18O2/c1-4-13-12-8-6-5-7-11(12)9-14-10(2)3/h5-8,10H,4,9H2,1-3H3. The molecule has 0 unspecified atom stereocenters. The molecule has 1 aromatic rings. The van der Waals surface area contributed by atoms with E-state index in [1.165, 1.54) is 0 Å². The van der Waals surface area contributed by atoms with Crippen LogP contribution in [0.1, 0.15) is 26.3 Å². The van der Waals surface area contributed by atoms with E-state index in [2.05, 4.69) is 0 Å². The van der Waals surface area contributed by atoms with Gasteiger partial charge < -0.3 is 9.47 Å². The molecule has 0 saturated carbocycles. The maximum Gasteiger partial charge on any atom is 0.124 e. The number of hydrogen-bond acceptors (Lipinski definition) is 2. The number of hydrogen-bond donors (Lipinski definition) is 0. The summed E-state index contributed by atoms with van der Waals surface area (Å²) in [5.74, 6) is 0.927. The number of para-hydroxylation sites is 1. The fraction of sp³-hybridized carbons (Fsp3) is 0.500. The summed E-state index contributed by atoms with van der Waals surface area (Å²) in [4.78, 5) is 0. The maximum absolute atomic E-state index is 5.53. The van der Waals surface area contributed by atoms with Crippen LogP contribution in [0, 0.1) is 0 Å². The topological polar surface area (TPSA) is 18.5 Å². The highest BCUT2D eigenvalue weighted by molar-refractivity contribution is 5.32. The Kier molecular flexibility index (Phi) is 4.47. The molecule has 0 aliphatic heterocycles. The van der Waals surface area contributed by atoms with E-state index in [4.69, 9.17) is 9.47 Å². The first-order valence-corrected chi connectivity index (χ1v) is 5.06. The highest BCUT2D eigenvalue weighted by Gasteiger charge is 2.02. The predicted molar refractivity (Wildman–Crippen MR) is 57.5 cm³/mol. The fourth-order valence-corrected chi connectivity index (χ4v) is 1.18. The lowest BCUT2D eigenvalue weighted by molar-refractivity contribution is 0.0641. The van der Waals surface area contributed by atoms with E-state index in [1.807, 2.05) is 45.0 Å². The Hall–Kier alpha value is -1.02. The summed E-state index contributed by atoms with van der Waals surface area (Å²) in [6.07, 6.45) is 0.254. The molecule has 78 valence electrons. The minimum absolute atomic E-state index is 0.254. The molecular weight excluding hydrogens is 176 g/mol. The monoisotopic (exact) mass is 194 g/mol. The van der Waals surface area contributed by atoms with Crippen molar-refractivity contribution in [3.8, 4) is 5.75 Å². The lowest BCUT2D eigenvalue weighted by Gasteiger charge is -2.11. The van der Waals surface area contributed by atoms with Crippen molar-refractivity contribution in [2.45, 2.75) is 33.5 Å². The Bertz CT molecular complexity index is 269. The van der Waals surface area contributed by atoms with Gasteiger partial charge in [-0.15, -0.1) is 0 Å². The molecule has 0 radical (unpaired) electrons. The van der Waals surface area contributed by atoms with Crippen LogP contribution in [-0.4, -0.2) is 12.7 Å². The van der Waals surface area contributed by atoms with Crippen molar-refractivity contribution in [1.82, 2.24) is 0 Å². The van der Waals surface area contributed by atoms with Gasteiger partial charge in [0.2, 0.25) is 0 Å². The van der Waals surface area contributed by atoms with E-state index in [0.717, 1.165) is 11.3 Å². The van der Waals surface area contributed by atoms with Gasteiger partial charge in [-0.1, -0.05) is 18.2 Å². The van der Waals surface area contributed by atoms with Crippen molar-refractivity contribution in [3.63, 3.8) is 0 Å². The van der Waals surface area contributed by atoms with Crippen molar-refractivity contribution in [1.29, 1.82) is 0 Å². The smallest absolute Gasteiger partial charge is 0.124 e. The molecule has 2 heteroatoms. The van der Waals surface area contributed by atoms with Gasteiger partial charge in [-0.05, 0) is 26.8 Å². The minimum atomic E-state index is 0.254. The first-order chi connectivity index (χ1) is 6.74. The van der Waals surface area contributed by atoms with Gasteiger partial charge in [0.15, 0.2) is 0 Å². The molecule has 0 aliphatic carbocycles. The molecule has 0 bridgehead atoms. The van der Waals surface area contributed by atoms with Crippen LogP contribution < -0.4 is 4.74 Å². The van der Waals surface area contributed by atoms with Gasteiger partial charge in [0, 0.05) is 5.56 Å². The molecule has 0 amide bonds. The Balaban J connectivity index is 2.64. The molecule has 0 atom stereocenters. The second-order valence-electron chi connectivity index (χ2n) is 3.40. The van der Waals surface area contributed by atoms with Crippen molar-refractivity contribution in [2.75, 3.05) is 6.61 Å². The third-order valence-electron chi connectivity index (χ3n) is 1.84. The summed E-state index contributed by atoms with van der Waals surface area (Å²) < 4.78 is 11.0. The Morgan fingerprint density at radius 3 is 2.57 bits per heavy atom. The van der Waals surface area contributed by atoms with E-state index >= 15 is 0 Å². The zero-order valence-electron chi connectivity index (χ0n) is 9.12. The van der Waals surface area contributed by atoms with Crippen LogP contribution in [-0.2, 0) is 11.3 Å². The van der Waals surface area contributed by atoms with Crippen LogP contribution in [0.15, 0.2) is 24.3 Å². The molecule has 0 spiro atoms. The molecule has 1 rings (SSSR count). The number of ether oxygens (including phenoxy) is 2. The number of rotatable bonds is 5. The van der Waals surface area contributed by atoms with Crippen molar-refractivity contribution < 1.29 is 9.47 Å². The third-order valence-corrected chi connectivity index (χ3v) is 1.84. The van der Waals surface area contributed by atoms with Crippen molar-refractivity contribution in [3.05, 3.63) is 29.8 Å². The van der Waals surface area contributed by atoms with Gasteiger partial charge in [-0.25, -0.2) is 0 Å². The number of benzene rings is 1. The normalized spacial score (nSPS) is 10.6. The molecule has 0 saturated heterocycles. The van der Waals surface area contributed by atoms with Gasteiger partial charge in [-0.3, -0.25) is 0 Å². The molecule has 0 fully saturated rings. The lowest BCUT2D eigenvalue weighted by atomic mass is 10.2. The highest BCUT2D eigenvalue weighted by atomic mass is 16.5. The first-order valence-electron chi connectivity index (χ1n) is 5.06. The third kappa shape index (κ3) is 3.38. The summed E-state index contributed by atoms with van der Waals surface area (Å²) in [5, 5.41) is 0. The van der Waals surface area contributed by atoms with Crippen LogP contribution in [0.3, 0.4) is 0 Å². The molecule has 0 N–H and O–H groups in total. The van der Waals surface area contributed by atoms with E-state index < -0.39 is 0 Å². The summed E-state index contributed by atoms with van der Waals surface area (Å²) >= 11 is 0. The van der Waals surface area contributed by atoms with Gasteiger partial charge >= 0.3 is 0 Å². The summed E-state index contributed by atoms with van der Waals surface area (Å²) in [6.45, 7) is 7.36. The average molecular weight is 194 g/mol. The largest absolute Gasteiger partial charge is 0.494 e. The minimum Gasteiger partial charge on any atom is -0.494 e.